The van der Waals surface area contributed by atoms with Crippen molar-refractivity contribution in [3.05, 3.63) is 29.6 Å². The summed E-state index contributed by atoms with van der Waals surface area (Å²) in [6.45, 7) is 10.8. The average molecular weight is 345 g/mol. The third-order valence-electron chi connectivity index (χ3n) is 4.58. The predicted molar refractivity (Wildman–Crippen MR) is 72.8 cm³/mol. The molecule has 1 aromatic carbocycles. The van der Waals surface area contributed by atoms with Crippen LogP contribution < -0.4 is 21.7 Å². The molecule has 3 aliphatic rings. The molecule has 0 N–H and O–H groups in total. The molecule has 3 fully saturated rings. The molecule has 3 aliphatic heterocycles. The van der Waals surface area contributed by atoms with E-state index in [4.69, 9.17) is 4.74 Å². The largest absolute Gasteiger partial charge is 1.00 e. The summed E-state index contributed by atoms with van der Waals surface area (Å²) < 4.78 is 20.5. The van der Waals surface area contributed by atoms with Crippen molar-refractivity contribution in [2.75, 3.05) is 52.4 Å². The van der Waals surface area contributed by atoms with Gasteiger partial charge in [-0.2, -0.15) is 0 Å². The molecule has 4 rings (SSSR count). The molecule has 0 aromatic heterocycles. The summed E-state index contributed by atoms with van der Waals surface area (Å²) >= 11 is 0. The molecule has 0 spiro atoms. The van der Waals surface area contributed by atoms with E-state index in [-0.39, 0.29) is 22.8 Å². The number of quaternary nitrogens is 1. The number of fused-ring (bicyclic) bond motifs is 3. The number of rotatable bonds is 4. The SMILES string of the molecule is Cc1ccc(OCC[N+]23CCN(CC2)CC3)c(F)c1.[Br-]. The quantitative estimate of drug-likeness (QED) is 0.627. The molecular weight excluding hydrogens is 323 g/mol. The Balaban J connectivity index is 0.00000147. The normalized spacial score (nSPS) is 28.0. The van der Waals surface area contributed by atoms with Gasteiger partial charge < -0.3 is 26.2 Å². The van der Waals surface area contributed by atoms with E-state index in [1.54, 1.807) is 6.07 Å². The number of halogens is 2. The Morgan fingerprint density at radius 1 is 1.20 bits per heavy atom. The Labute approximate surface area is 130 Å². The Kier molecular flexibility index (Phi) is 5.04. The first kappa shape index (κ1) is 15.7. The fourth-order valence-electron chi connectivity index (χ4n) is 3.14. The predicted octanol–water partition coefficient (Wildman–Crippen LogP) is -1.34. The highest BCUT2D eigenvalue weighted by molar-refractivity contribution is 5.28. The van der Waals surface area contributed by atoms with E-state index in [1.807, 2.05) is 13.0 Å². The first-order chi connectivity index (χ1) is 9.17. The molecule has 0 unspecified atom stereocenters. The van der Waals surface area contributed by atoms with Crippen molar-refractivity contribution in [3.8, 4) is 5.75 Å². The molecule has 20 heavy (non-hydrogen) atoms. The highest BCUT2D eigenvalue weighted by Crippen LogP contribution is 2.21. The number of hydrogen-bond donors (Lipinski definition) is 0. The van der Waals surface area contributed by atoms with Gasteiger partial charge in [0.05, 0.1) is 19.6 Å². The molecule has 3 nitrogen and oxygen atoms in total. The van der Waals surface area contributed by atoms with E-state index in [0.29, 0.717) is 12.4 Å². The molecule has 0 aliphatic carbocycles. The van der Waals surface area contributed by atoms with Gasteiger partial charge in [0.1, 0.15) is 13.2 Å². The molecule has 3 saturated heterocycles. The lowest BCUT2D eigenvalue weighted by Crippen LogP contribution is -3.00. The van der Waals surface area contributed by atoms with Crippen LogP contribution in [0.2, 0.25) is 0 Å². The maximum Gasteiger partial charge on any atom is 0.165 e. The second-order valence-corrected chi connectivity index (χ2v) is 5.86. The van der Waals surface area contributed by atoms with Gasteiger partial charge in [0.2, 0.25) is 0 Å². The van der Waals surface area contributed by atoms with E-state index in [0.717, 1.165) is 16.6 Å². The van der Waals surface area contributed by atoms with Crippen molar-refractivity contribution in [3.63, 3.8) is 0 Å². The van der Waals surface area contributed by atoms with Gasteiger partial charge in [-0.3, -0.25) is 4.90 Å². The average Bonchev–Trinajstić information content (AvgIpc) is 2.43. The maximum atomic E-state index is 13.7. The molecule has 0 amide bonds. The summed E-state index contributed by atoms with van der Waals surface area (Å²) in [4.78, 5) is 2.53. The third-order valence-corrected chi connectivity index (χ3v) is 4.58. The van der Waals surface area contributed by atoms with Crippen molar-refractivity contribution >= 4 is 0 Å². The molecule has 0 saturated carbocycles. The Morgan fingerprint density at radius 3 is 2.45 bits per heavy atom. The first-order valence-corrected chi connectivity index (χ1v) is 7.13. The number of aryl methyl sites for hydroxylation is 1. The maximum absolute atomic E-state index is 13.7. The van der Waals surface area contributed by atoms with Gasteiger partial charge in [0.15, 0.2) is 11.6 Å². The number of ether oxygens (including phenoxy) is 1. The van der Waals surface area contributed by atoms with Crippen LogP contribution in [0.15, 0.2) is 18.2 Å². The molecule has 0 atom stereocenters. The lowest BCUT2D eigenvalue weighted by Gasteiger charge is -2.50. The van der Waals surface area contributed by atoms with Crippen LogP contribution in [0, 0.1) is 12.7 Å². The van der Waals surface area contributed by atoms with Crippen LogP contribution in [0.25, 0.3) is 0 Å². The van der Waals surface area contributed by atoms with Crippen molar-refractivity contribution in [2.45, 2.75) is 6.92 Å². The third kappa shape index (κ3) is 3.32. The highest BCUT2D eigenvalue weighted by Gasteiger charge is 2.37. The summed E-state index contributed by atoms with van der Waals surface area (Å²) in [6.07, 6.45) is 0. The molecule has 112 valence electrons. The number of benzene rings is 1. The molecular formula is C15H22BrFN2O. The zero-order valence-corrected chi connectivity index (χ0v) is 13.5. The fourth-order valence-corrected chi connectivity index (χ4v) is 3.14. The topological polar surface area (TPSA) is 12.5 Å². The minimum atomic E-state index is -0.247. The summed E-state index contributed by atoms with van der Waals surface area (Å²) in [5.74, 6) is 0.142. The van der Waals surface area contributed by atoms with E-state index in [9.17, 15) is 4.39 Å². The molecule has 5 heteroatoms. The molecule has 2 bridgehead atoms. The van der Waals surface area contributed by atoms with E-state index in [1.165, 1.54) is 45.3 Å². The van der Waals surface area contributed by atoms with Gasteiger partial charge >= 0.3 is 0 Å². The lowest BCUT2D eigenvalue weighted by atomic mass is 10.1. The zero-order chi connectivity index (χ0) is 13.3. The van der Waals surface area contributed by atoms with Gasteiger partial charge in [-0.1, -0.05) is 6.07 Å². The van der Waals surface area contributed by atoms with Crippen LogP contribution in [0.1, 0.15) is 5.56 Å². The number of hydrogen-bond acceptors (Lipinski definition) is 2. The first-order valence-electron chi connectivity index (χ1n) is 7.13. The summed E-state index contributed by atoms with van der Waals surface area (Å²) in [6, 6.07) is 5.16. The van der Waals surface area contributed by atoms with Crippen molar-refractivity contribution in [1.82, 2.24) is 4.90 Å². The molecule has 1 aromatic rings. The van der Waals surface area contributed by atoms with E-state index in [2.05, 4.69) is 4.90 Å². The van der Waals surface area contributed by atoms with Crippen molar-refractivity contribution in [2.24, 2.45) is 0 Å². The van der Waals surface area contributed by atoms with Gasteiger partial charge in [0, 0.05) is 19.6 Å². The summed E-state index contributed by atoms with van der Waals surface area (Å²) in [7, 11) is 0. The Bertz CT molecular complexity index is 447. The minimum absolute atomic E-state index is 0. The van der Waals surface area contributed by atoms with Crippen molar-refractivity contribution in [1.29, 1.82) is 0 Å². The van der Waals surface area contributed by atoms with Gasteiger partial charge in [-0.25, -0.2) is 4.39 Å². The minimum Gasteiger partial charge on any atom is -1.00 e. The second kappa shape index (κ2) is 6.41. The summed E-state index contributed by atoms with van der Waals surface area (Å²) in [5.41, 5.74) is 0.930. The van der Waals surface area contributed by atoms with Crippen LogP contribution in [0.5, 0.6) is 5.75 Å². The highest BCUT2D eigenvalue weighted by atomic mass is 79.9. The standard InChI is InChI=1S/C15H22FN2O.BrH/c1-13-2-3-15(14(16)12-13)19-11-10-18-7-4-17(5-8-18)6-9-18;/h2-3,12H,4-11H2,1H3;1H/q+1;/p-1. The smallest absolute Gasteiger partial charge is 0.165 e. The monoisotopic (exact) mass is 344 g/mol. The zero-order valence-electron chi connectivity index (χ0n) is 11.9. The van der Waals surface area contributed by atoms with Gasteiger partial charge in [-0.05, 0) is 24.6 Å². The number of nitrogens with zero attached hydrogens (tertiary/aromatic N) is 2. The fraction of sp³-hybridized carbons (Fsp3) is 0.600. The van der Waals surface area contributed by atoms with Crippen LogP contribution >= 0.6 is 0 Å². The van der Waals surface area contributed by atoms with Crippen LogP contribution in [-0.2, 0) is 0 Å². The van der Waals surface area contributed by atoms with Gasteiger partial charge in [0.25, 0.3) is 0 Å². The van der Waals surface area contributed by atoms with E-state index >= 15 is 0 Å². The number of piperazine rings is 3. The van der Waals surface area contributed by atoms with Gasteiger partial charge in [-0.15, -0.1) is 0 Å². The van der Waals surface area contributed by atoms with Crippen LogP contribution in [0.3, 0.4) is 0 Å². The second-order valence-electron chi connectivity index (χ2n) is 5.86. The van der Waals surface area contributed by atoms with Crippen LogP contribution in [-0.4, -0.2) is 61.8 Å². The van der Waals surface area contributed by atoms with Crippen molar-refractivity contribution < 1.29 is 30.6 Å². The molecule has 0 radical (unpaired) electrons. The van der Waals surface area contributed by atoms with E-state index < -0.39 is 0 Å². The molecule has 3 heterocycles. The summed E-state index contributed by atoms with van der Waals surface area (Å²) in [5, 5.41) is 0. The lowest BCUT2D eigenvalue weighted by molar-refractivity contribution is -0.940. The Morgan fingerprint density at radius 2 is 1.85 bits per heavy atom. The van der Waals surface area contributed by atoms with Crippen LogP contribution in [0.4, 0.5) is 4.39 Å². The Hall–Kier alpha value is -0.650.